The molecule has 3 heterocycles. The number of para-hydroxylation sites is 1. The van der Waals surface area contributed by atoms with Gasteiger partial charge in [0, 0.05) is 51.1 Å². The molecule has 7 aromatic rings. The first-order valence-electron chi connectivity index (χ1n) is 20.8. The van der Waals surface area contributed by atoms with Crippen molar-refractivity contribution in [3.8, 4) is 16.8 Å². The summed E-state index contributed by atoms with van der Waals surface area (Å²) in [4.78, 5) is 7.46. The minimum Gasteiger partial charge on any atom is -0.359 e. The number of anilines is 1. The summed E-state index contributed by atoms with van der Waals surface area (Å²) in [5.74, 6) is 0.882. The number of hydrogen-bond acceptors (Lipinski definition) is 3. The zero-order valence-electron chi connectivity index (χ0n) is 33.9. The molecule has 0 saturated heterocycles. The second-order valence-electron chi connectivity index (χ2n) is 15.6. The molecule has 0 fully saturated rings. The molecule has 10 rings (SSSR count). The van der Waals surface area contributed by atoms with E-state index in [0.717, 1.165) is 70.2 Å². The molecule has 0 spiro atoms. The molecule has 1 aliphatic carbocycles. The van der Waals surface area contributed by atoms with Crippen molar-refractivity contribution in [1.29, 1.82) is 0 Å². The number of nitrogens with one attached hydrogen (secondary N) is 1. The predicted octanol–water partition coefficient (Wildman–Crippen LogP) is 14.2. The van der Waals surface area contributed by atoms with Crippen LogP contribution in [-0.4, -0.2) is 10.4 Å². The van der Waals surface area contributed by atoms with Crippen LogP contribution in [0.15, 0.2) is 223 Å². The molecular formula is C56H46N4. The molecule has 0 saturated carbocycles. The smallest absolute Gasteiger partial charge is 0.134 e. The van der Waals surface area contributed by atoms with E-state index in [1.165, 1.54) is 54.9 Å². The summed E-state index contributed by atoms with van der Waals surface area (Å²) in [7, 11) is 0. The van der Waals surface area contributed by atoms with Gasteiger partial charge in [0.05, 0.1) is 22.8 Å². The molecule has 3 aliphatic rings. The summed E-state index contributed by atoms with van der Waals surface area (Å²) < 4.78 is 2.42. The lowest BCUT2D eigenvalue weighted by Gasteiger charge is -2.35. The monoisotopic (exact) mass is 774 g/mol. The van der Waals surface area contributed by atoms with Gasteiger partial charge in [-0.15, -0.1) is 0 Å². The quantitative estimate of drug-likeness (QED) is 0.148. The van der Waals surface area contributed by atoms with E-state index in [-0.39, 0.29) is 6.04 Å². The average Bonchev–Trinajstić information content (AvgIpc) is 3.65. The average molecular weight is 775 g/mol. The highest BCUT2D eigenvalue weighted by molar-refractivity contribution is 6.22. The number of aromatic nitrogens is 1. The first-order valence-corrected chi connectivity index (χ1v) is 20.8. The lowest BCUT2D eigenvalue weighted by molar-refractivity contribution is 0.737. The molecular weight excluding hydrogens is 729 g/mol. The SMILES string of the molecule is C=C/C=C(\C=C/C)N1C(C=C)=C(C=C)Cc2cc(-c3ccc4c(c3)c3c5ccccc5ccc3n4-c3cccc(C4=Nc5ccccc5C(C5=CCCC=C5)N4)c3)ccc21. The van der Waals surface area contributed by atoms with Crippen molar-refractivity contribution in [2.24, 2.45) is 4.99 Å². The van der Waals surface area contributed by atoms with Gasteiger partial charge in [-0.25, -0.2) is 4.99 Å². The Hall–Kier alpha value is -7.43. The Morgan fingerprint density at radius 3 is 2.43 bits per heavy atom. The Labute approximate surface area is 352 Å². The Morgan fingerprint density at radius 2 is 1.60 bits per heavy atom. The number of benzene rings is 6. The van der Waals surface area contributed by atoms with E-state index in [1.807, 2.05) is 31.2 Å². The molecule has 1 atom stereocenters. The number of fused-ring (bicyclic) bond motifs is 7. The Balaban J connectivity index is 1.11. The summed E-state index contributed by atoms with van der Waals surface area (Å²) in [5, 5.41) is 8.76. The summed E-state index contributed by atoms with van der Waals surface area (Å²) in [6, 6.07) is 44.4. The number of rotatable bonds is 9. The van der Waals surface area contributed by atoms with Crippen LogP contribution < -0.4 is 10.2 Å². The van der Waals surface area contributed by atoms with E-state index in [9.17, 15) is 0 Å². The van der Waals surface area contributed by atoms with E-state index in [4.69, 9.17) is 4.99 Å². The Bertz CT molecular complexity index is 3120. The molecule has 4 heteroatoms. The van der Waals surface area contributed by atoms with E-state index in [1.54, 1.807) is 0 Å². The number of allylic oxidation sites excluding steroid dienone is 9. The third kappa shape index (κ3) is 6.20. The summed E-state index contributed by atoms with van der Waals surface area (Å²) in [6.07, 6.45) is 21.7. The van der Waals surface area contributed by atoms with Crippen LogP contribution >= 0.6 is 0 Å². The van der Waals surface area contributed by atoms with Crippen LogP contribution in [0.2, 0.25) is 0 Å². The van der Waals surface area contributed by atoms with Crippen LogP contribution in [0, 0.1) is 0 Å². The zero-order chi connectivity index (χ0) is 40.7. The van der Waals surface area contributed by atoms with Crippen LogP contribution in [0.25, 0.3) is 49.4 Å². The van der Waals surface area contributed by atoms with E-state index in [0.29, 0.717) is 0 Å². The van der Waals surface area contributed by atoms with Crippen molar-refractivity contribution >= 4 is 49.8 Å². The maximum absolute atomic E-state index is 5.19. The van der Waals surface area contributed by atoms with Crippen LogP contribution in [0.4, 0.5) is 11.4 Å². The Kier molecular flexibility index (Phi) is 9.46. The largest absolute Gasteiger partial charge is 0.359 e. The molecule has 2 aliphatic heterocycles. The third-order valence-electron chi connectivity index (χ3n) is 12.1. The zero-order valence-corrected chi connectivity index (χ0v) is 33.9. The summed E-state index contributed by atoms with van der Waals surface area (Å²) in [5.41, 5.74) is 15.9. The van der Waals surface area contributed by atoms with Crippen LogP contribution in [-0.2, 0) is 6.42 Å². The van der Waals surface area contributed by atoms with Crippen molar-refractivity contribution in [1.82, 2.24) is 9.88 Å². The molecule has 0 amide bonds. The first kappa shape index (κ1) is 36.9. The van der Waals surface area contributed by atoms with Gasteiger partial charge in [0.15, 0.2) is 0 Å². The molecule has 4 nitrogen and oxygen atoms in total. The fraction of sp³-hybridized carbons (Fsp3) is 0.0893. The van der Waals surface area contributed by atoms with Crippen LogP contribution in [0.1, 0.15) is 42.5 Å². The van der Waals surface area contributed by atoms with Crippen molar-refractivity contribution in [2.75, 3.05) is 4.90 Å². The minimum absolute atomic E-state index is 0.0425. The van der Waals surface area contributed by atoms with Gasteiger partial charge in [0.1, 0.15) is 5.84 Å². The molecule has 0 radical (unpaired) electrons. The van der Waals surface area contributed by atoms with Gasteiger partial charge in [0.2, 0.25) is 0 Å². The highest BCUT2D eigenvalue weighted by atomic mass is 15.2. The maximum Gasteiger partial charge on any atom is 0.134 e. The van der Waals surface area contributed by atoms with Crippen molar-refractivity contribution < 1.29 is 0 Å². The van der Waals surface area contributed by atoms with Crippen molar-refractivity contribution in [3.05, 3.63) is 235 Å². The van der Waals surface area contributed by atoms with E-state index in [2.05, 4.69) is 186 Å². The lowest BCUT2D eigenvalue weighted by atomic mass is 9.91. The normalized spacial score (nSPS) is 16.4. The van der Waals surface area contributed by atoms with Gasteiger partial charge in [-0.3, -0.25) is 0 Å². The molecule has 1 aromatic heterocycles. The number of aliphatic imine (C=N–C) groups is 1. The number of nitrogens with zero attached hydrogens (tertiary/aromatic N) is 3. The van der Waals surface area contributed by atoms with Gasteiger partial charge in [0.25, 0.3) is 0 Å². The van der Waals surface area contributed by atoms with Gasteiger partial charge >= 0.3 is 0 Å². The first-order chi connectivity index (χ1) is 29.6. The fourth-order valence-corrected chi connectivity index (χ4v) is 9.37. The molecule has 1 unspecified atom stereocenters. The highest BCUT2D eigenvalue weighted by Gasteiger charge is 2.27. The van der Waals surface area contributed by atoms with E-state index >= 15 is 0 Å². The second kappa shape index (κ2) is 15.4. The van der Waals surface area contributed by atoms with Gasteiger partial charge in [-0.2, -0.15) is 0 Å². The standard InChI is InChI=1S/C56H46N4/c1-5-17-44(18-6-2)59-50(8-4)37(7-3)33-43-34-40(28-30-51(43)59)41-29-31-52-48(36-41)54-46-24-13-12-19-38(46)27-32-53(54)60(52)45-23-16-22-42(35-45)56-57-49-26-15-14-25-47(49)55(58-56)39-20-10-9-11-21-39/h5-8,10,12-32,34-36,55H,1,3-4,9,11,33H2,2H3,(H,57,58)/b18-6-,44-17+. The molecule has 1 N–H and O–H groups in total. The predicted molar refractivity (Wildman–Crippen MR) is 255 cm³/mol. The fourth-order valence-electron chi connectivity index (χ4n) is 9.37. The highest BCUT2D eigenvalue weighted by Crippen LogP contribution is 2.43. The molecule has 0 bridgehead atoms. The maximum atomic E-state index is 5.19. The van der Waals surface area contributed by atoms with Crippen LogP contribution in [0.5, 0.6) is 0 Å². The molecule has 290 valence electrons. The Morgan fingerprint density at radius 1 is 0.767 bits per heavy atom. The molecule has 60 heavy (non-hydrogen) atoms. The summed E-state index contributed by atoms with van der Waals surface area (Å²) >= 11 is 0. The lowest BCUT2D eigenvalue weighted by Crippen LogP contribution is -2.33. The number of hydrogen-bond donors (Lipinski definition) is 1. The van der Waals surface area contributed by atoms with Crippen molar-refractivity contribution in [3.63, 3.8) is 0 Å². The number of amidine groups is 1. The van der Waals surface area contributed by atoms with Gasteiger partial charge in [-0.1, -0.05) is 129 Å². The van der Waals surface area contributed by atoms with E-state index < -0.39 is 0 Å². The molecule has 6 aromatic carbocycles. The van der Waals surface area contributed by atoms with Gasteiger partial charge < -0.3 is 14.8 Å². The van der Waals surface area contributed by atoms with Gasteiger partial charge in [-0.05, 0) is 125 Å². The van der Waals surface area contributed by atoms with Crippen molar-refractivity contribution in [2.45, 2.75) is 32.2 Å². The summed E-state index contributed by atoms with van der Waals surface area (Å²) in [6.45, 7) is 14.4. The topological polar surface area (TPSA) is 32.6 Å². The minimum atomic E-state index is 0.0425. The third-order valence-corrected chi connectivity index (χ3v) is 12.1. The van der Waals surface area contributed by atoms with Crippen LogP contribution in [0.3, 0.4) is 0 Å². The second-order valence-corrected chi connectivity index (χ2v) is 15.6.